The molecule has 7 heteroatoms. The molecule has 1 fully saturated rings. The highest BCUT2D eigenvalue weighted by Gasteiger charge is 2.30. The van der Waals surface area contributed by atoms with E-state index in [4.69, 9.17) is 4.98 Å². The topological polar surface area (TPSA) is 89.8 Å². The minimum absolute atomic E-state index is 0.0819. The molecule has 2 aromatic carbocycles. The lowest BCUT2D eigenvalue weighted by molar-refractivity contribution is 0.142. The van der Waals surface area contributed by atoms with E-state index in [9.17, 15) is 15.0 Å². The lowest BCUT2D eigenvalue weighted by Crippen LogP contribution is -2.38. The van der Waals surface area contributed by atoms with Gasteiger partial charge in [0.15, 0.2) is 5.82 Å². The number of phenolic OH excluding ortho intramolecular Hbond substituents is 1. The van der Waals surface area contributed by atoms with Gasteiger partial charge in [-0.2, -0.15) is 0 Å². The molecule has 0 unspecified atom stereocenters. The van der Waals surface area contributed by atoms with Crippen molar-refractivity contribution in [1.29, 1.82) is 0 Å². The summed E-state index contributed by atoms with van der Waals surface area (Å²) in [7, 11) is 1.60. The fourth-order valence-electron chi connectivity index (χ4n) is 3.65. The molecule has 7 nitrogen and oxygen atoms in total. The van der Waals surface area contributed by atoms with E-state index in [1.54, 1.807) is 25.2 Å². The van der Waals surface area contributed by atoms with Crippen molar-refractivity contribution in [2.24, 2.45) is 0 Å². The Kier molecular flexibility index (Phi) is 4.50. The molecule has 1 saturated heterocycles. The molecule has 1 aliphatic heterocycles. The summed E-state index contributed by atoms with van der Waals surface area (Å²) in [5, 5.41) is 20.5. The summed E-state index contributed by atoms with van der Waals surface area (Å²) in [5.41, 5.74) is 2.47. The van der Waals surface area contributed by atoms with E-state index in [-0.39, 0.29) is 11.8 Å². The molecule has 1 aliphatic rings. The number of phenols is 1. The zero-order chi connectivity index (χ0) is 19.8. The van der Waals surface area contributed by atoms with Crippen LogP contribution in [0.1, 0.15) is 12.0 Å². The summed E-state index contributed by atoms with van der Waals surface area (Å²) in [6.07, 6.45) is -0.184. The maximum absolute atomic E-state index is 11.3. The van der Waals surface area contributed by atoms with Crippen molar-refractivity contribution in [3.63, 3.8) is 0 Å². The van der Waals surface area contributed by atoms with Crippen LogP contribution in [0, 0.1) is 6.92 Å². The van der Waals surface area contributed by atoms with Gasteiger partial charge >= 0.3 is 6.09 Å². The van der Waals surface area contributed by atoms with Crippen LogP contribution in [0.15, 0.2) is 42.5 Å². The van der Waals surface area contributed by atoms with Gasteiger partial charge in [-0.25, -0.2) is 14.8 Å². The van der Waals surface area contributed by atoms with Gasteiger partial charge < -0.3 is 20.0 Å². The van der Waals surface area contributed by atoms with Crippen molar-refractivity contribution in [1.82, 2.24) is 14.9 Å². The third kappa shape index (κ3) is 3.19. The molecule has 1 aromatic heterocycles. The van der Waals surface area contributed by atoms with Gasteiger partial charge in [-0.3, -0.25) is 0 Å². The number of para-hydroxylation sites is 1. The van der Waals surface area contributed by atoms with Crippen LogP contribution in [-0.2, 0) is 0 Å². The van der Waals surface area contributed by atoms with Gasteiger partial charge in [-0.1, -0.05) is 18.2 Å². The zero-order valence-corrected chi connectivity index (χ0v) is 15.8. The Morgan fingerprint density at radius 1 is 1.21 bits per heavy atom. The largest absolute Gasteiger partial charge is 0.507 e. The molecular formula is C21H22N4O3. The number of likely N-dealkylation sites (N-methyl/N-ethyl adjacent to an activating group) is 1. The fraction of sp³-hybridized carbons (Fsp3) is 0.286. The Bertz CT molecular complexity index is 1050. The van der Waals surface area contributed by atoms with Gasteiger partial charge in [0.25, 0.3) is 0 Å². The number of nitrogens with zero attached hydrogens (tertiary/aromatic N) is 4. The van der Waals surface area contributed by atoms with E-state index in [2.05, 4.69) is 9.88 Å². The quantitative estimate of drug-likeness (QED) is 0.725. The summed E-state index contributed by atoms with van der Waals surface area (Å²) < 4.78 is 0. The van der Waals surface area contributed by atoms with E-state index in [1.807, 2.05) is 31.2 Å². The van der Waals surface area contributed by atoms with Crippen LogP contribution in [0.5, 0.6) is 5.75 Å². The monoisotopic (exact) mass is 378 g/mol. The maximum Gasteiger partial charge on any atom is 0.407 e. The number of hydrogen-bond donors (Lipinski definition) is 2. The molecule has 0 spiro atoms. The third-order valence-electron chi connectivity index (χ3n) is 5.29. The second kappa shape index (κ2) is 6.99. The number of aromatic hydroxyl groups is 1. The van der Waals surface area contributed by atoms with Crippen molar-refractivity contribution >= 4 is 22.8 Å². The van der Waals surface area contributed by atoms with Crippen molar-refractivity contribution in [2.45, 2.75) is 19.4 Å². The van der Waals surface area contributed by atoms with Crippen LogP contribution in [-0.4, -0.2) is 57.4 Å². The first-order chi connectivity index (χ1) is 13.4. The van der Waals surface area contributed by atoms with Crippen molar-refractivity contribution in [3.8, 4) is 17.1 Å². The molecule has 0 saturated carbocycles. The smallest absolute Gasteiger partial charge is 0.407 e. The Labute approximate surface area is 162 Å². The maximum atomic E-state index is 11.3. The standard InChI is InChI=1S/C21H22N4O3/c1-13-7-8-15-17(11-13)22-19(16-5-3-4-6-18(16)26)23-20(15)25-10-9-14(12-25)24(2)21(27)28/h3-8,11,14,26H,9-10,12H2,1-2H3,(H,27,28)/t14-/m0/s1. The highest BCUT2D eigenvalue weighted by molar-refractivity contribution is 5.92. The fourth-order valence-corrected chi connectivity index (χ4v) is 3.65. The van der Waals surface area contributed by atoms with Gasteiger partial charge in [0.2, 0.25) is 0 Å². The van der Waals surface area contributed by atoms with Crippen molar-refractivity contribution in [2.75, 3.05) is 25.0 Å². The van der Waals surface area contributed by atoms with Crippen molar-refractivity contribution < 1.29 is 15.0 Å². The molecule has 144 valence electrons. The number of fused-ring (bicyclic) bond motifs is 1. The highest BCUT2D eigenvalue weighted by atomic mass is 16.4. The molecule has 2 heterocycles. The molecule has 28 heavy (non-hydrogen) atoms. The van der Waals surface area contributed by atoms with Gasteiger partial charge in [-0.05, 0) is 43.2 Å². The number of benzene rings is 2. The Hall–Kier alpha value is -3.35. The van der Waals surface area contributed by atoms with Crippen molar-refractivity contribution in [3.05, 3.63) is 48.0 Å². The second-order valence-electron chi connectivity index (χ2n) is 7.19. The predicted molar refractivity (Wildman–Crippen MR) is 108 cm³/mol. The first-order valence-corrected chi connectivity index (χ1v) is 9.21. The lowest BCUT2D eigenvalue weighted by Gasteiger charge is -2.23. The summed E-state index contributed by atoms with van der Waals surface area (Å²) >= 11 is 0. The van der Waals surface area contributed by atoms with Gasteiger partial charge in [-0.15, -0.1) is 0 Å². The van der Waals surface area contributed by atoms with Crippen LogP contribution in [0.4, 0.5) is 10.6 Å². The minimum Gasteiger partial charge on any atom is -0.507 e. The van der Waals surface area contributed by atoms with Gasteiger partial charge in [0.1, 0.15) is 11.6 Å². The van der Waals surface area contributed by atoms with E-state index < -0.39 is 6.09 Å². The number of hydrogen-bond acceptors (Lipinski definition) is 5. The number of carboxylic acid groups (broad SMARTS) is 1. The van der Waals surface area contributed by atoms with E-state index >= 15 is 0 Å². The SMILES string of the molecule is Cc1ccc2c(N3CC[C@H](N(C)C(=O)O)C3)nc(-c3ccccc3O)nc2c1. The van der Waals surface area contributed by atoms with Gasteiger partial charge in [0.05, 0.1) is 17.1 Å². The van der Waals surface area contributed by atoms with Crippen LogP contribution in [0.3, 0.4) is 0 Å². The van der Waals surface area contributed by atoms with E-state index in [0.29, 0.717) is 24.5 Å². The molecule has 4 rings (SSSR count). The summed E-state index contributed by atoms with van der Waals surface area (Å²) in [4.78, 5) is 24.2. The summed E-state index contributed by atoms with van der Waals surface area (Å²) in [5.74, 6) is 1.36. The summed E-state index contributed by atoms with van der Waals surface area (Å²) in [6, 6.07) is 13.0. The third-order valence-corrected chi connectivity index (χ3v) is 5.29. The molecule has 1 amide bonds. The van der Waals surface area contributed by atoms with Crippen LogP contribution >= 0.6 is 0 Å². The number of carbonyl (C=O) groups is 1. The normalized spacial score (nSPS) is 16.5. The highest BCUT2D eigenvalue weighted by Crippen LogP contribution is 2.33. The molecule has 0 bridgehead atoms. The first kappa shape index (κ1) is 18.0. The molecule has 3 aromatic rings. The lowest BCUT2D eigenvalue weighted by atomic mass is 10.1. The molecule has 1 atom stereocenters. The second-order valence-corrected chi connectivity index (χ2v) is 7.19. The predicted octanol–water partition coefficient (Wildman–Crippen LogP) is 3.50. The Morgan fingerprint density at radius 2 is 2.00 bits per heavy atom. The number of amides is 1. The minimum atomic E-state index is -0.926. The molecular weight excluding hydrogens is 356 g/mol. The zero-order valence-electron chi connectivity index (χ0n) is 15.8. The van der Waals surface area contributed by atoms with E-state index in [1.165, 1.54) is 4.90 Å². The van der Waals surface area contributed by atoms with Crippen LogP contribution < -0.4 is 4.90 Å². The number of rotatable bonds is 3. The Morgan fingerprint density at radius 3 is 2.75 bits per heavy atom. The average molecular weight is 378 g/mol. The van der Waals surface area contributed by atoms with Crippen LogP contribution in [0.25, 0.3) is 22.3 Å². The molecule has 0 radical (unpaired) electrons. The average Bonchev–Trinajstić information content (AvgIpc) is 3.16. The molecule has 2 N–H and O–H groups in total. The Balaban J connectivity index is 1.81. The van der Waals surface area contributed by atoms with Crippen LogP contribution in [0.2, 0.25) is 0 Å². The first-order valence-electron chi connectivity index (χ1n) is 9.21. The summed E-state index contributed by atoms with van der Waals surface area (Å²) in [6.45, 7) is 3.29. The number of aromatic nitrogens is 2. The number of anilines is 1. The van der Waals surface area contributed by atoms with E-state index in [0.717, 1.165) is 28.7 Å². The number of aryl methyl sites for hydroxylation is 1. The molecule has 0 aliphatic carbocycles. The van der Waals surface area contributed by atoms with Gasteiger partial charge in [0, 0.05) is 25.5 Å².